The summed E-state index contributed by atoms with van der Waals surface area (Å²) in [5.74, 6) is -5.01. The predicted molar refractivity (Wildman–Crippen MR) is 67.3 cm³/mol. The first kappa shape index (κ1) is 19.2. The van der Waals surface area contributed by atoms with Crippen molar-refractivity contribution in [3.8, 4) is 0 Å². The molecular weight excluding hydrogens is 293 g/mol. The normalized spacial score (nSPS) is 13.2. The quantitative estimate of drug-likeness (QED) is 0.766. The molecule has 0 bridgehead atoms. The average molecular weight is 312 g/mol. The minimum atomic E-state index is -5.11. The van der Waals surface area contributed by atoms with Gasteiger partial charge in [-0.3, -0.25) is 14.4 Å². The number of hydrogen-bond donors (Lipinski definition) is 2. The molecule has 0 aromatic carbocycles. The minimum absolute atomic E-state index is 0.530. The zero-order chi connectivity index (χ0) is 17.0. The number of carboxylic acids is 1. The third-order valence-electron chi connectivity index (χ3n) is 2.69. The molecule has 9 heteroatoms. The first-order chi connectivity index (χ1) is 9.37. The zero-order valence-corrected chi connectivity index (χ0v) is 12.2. The van der Waals surface area contributed by atoms with E-state index in [1.807, 2.05) is 0 Å². The zero-order valence-electron chi connectivity index (χ0n) is 12.2. The van der Waals surface area contributed by atoms with Crippen LogP contribution in [0.4, 0.5) is 13.2 Å². The second-order valence-corrected chi connectivity index (χ2v) is 5.15. The summed E-state index contributed by atoms with van der Waals surface area (Å²) in [6.07, 6.45) is -5.11. The van der Waals surface area contributed by atoms with Crippen LogP contribution in [0, 0.1) is 5.92 Å². The molecule has 21 heavy (non-hydrogen) atoms. The van der Waals surface area contributed by atoms with Crippen LogP contribution >= 0.6 is 0 Å². The van der Waals surface area contributed by atoms with Gasteiger partial charge in [-0.05, 0) is 19.8 Å². The van der Waals surface area contributed by atoms with E-state index in [0.717, 1.165) is 4.90 Å². The van der Waals surface area contributed by atoms with E-state index >= 15 is 0 Å². The van der Waals surface area contributed by atoms with Crippen molar-refractivity contribution < 1.29 is 32.7 Å². The van der Waals surface area contributed by atoms with Crippen molar-refractivity contribution in [3.63, 3.8) is 0 Å². The molecule has 0 radical (unpaired) electrons. The van der Waals surface area contributed by atoms with E-state index in [4.69, 9.17) is 5.11 Å². The second kappa shape index (κ2) is 7.28. The number of nitrogens with zero attached hydrogens (tertiary/aromatic N) is 1. The van der Waals surface area contributed by atoms with Crippen molar-refractivity contribution in [2.45, 2.75) is 46.0 Å². The SMILES string of the molecule is CC(C)[C@H](NC(=O)C(F)(F)F)C(=O)N(CC(=O)O)C(C)C. The van der Waals surface area contributed by atoms with Crippen LogP contribution in [0.15, 0.2) is 0 Å². The predicted octanol–water partition coefficient (Wildman–Crippen LogP) is 1.01. The molecule has 6 nitrogen and oxygen atoms in total. The molecule has 122 valence electrons. The maximum absolute atomic E-state index is 12.3. The average Bonchev–Trinajstić information content (AvgIpc) is 2.29. The lowest BCUT2D eigenvalue weighted by atomic mass is 10.0. The van der Waals surface area contributed by atoms with Crippen molar-refractivity contribution in [1.29, 1.82) is 0 Å². The van der Waals surface area contributed by atoms with Gasteiger partial charge in [0.2, 0.25) is 5.91 Å². The van der Waals surface area contributed by atoms with Crippen LogP contribution in [0.3, 0.4) is 0 Å². The van der Waals surface area contributed by atoms with Crippen LogP contribution in [0.2, 0.25) is 0 Å². The Morgan fingerprint density at radius 3 is 1.90 bits per heavy atom. The summed E-state index contributed by atoms with van der Waals surface area (Å²) in [6.45, 7) is 5.33. The number of alkyl halides is 3. The van der Waals surface area contributed by atoms with Crippen molar-refractivity contribution in [2.75, 3.05) is 6.54 Å². The van der Waals surface area contributed by atoms with Gasteiger partial charge < -0.3 is 15.3 Å². The Kier molecular flexibility index (Phi) is 6.65. The standard InChI is InChI=1S/C12H19F3N2O4/c1-6(2)9(16-11(21)12(13,14)15)10(20)17(7(3)4)5-8(18)19/h6-7,9H,5H2,1-4H3,(H,16,21)(H,18,19)/t9-/m0/s1. The van der Waals surface area contributed by atoms with Gasteiger partial charge in [-0.2, -0.15) is 13.2 Å². The van der Waals surface area contributed by atoms with E-state index in [1.165, 1.54) is 27.7 Å². The van der Waals surface area contributed by atoms with Gasteiger partial charge in [0.15, 0.2) is 0 Å². The minimum Gasteiger partial charge on any atom is -0.480 e. The Morgan fingerprint density at radius 1 is 1.14 bits per heavy atom. The molecule has 0 aromatic heterocycles. The fourth-order valence-electron chi connectivity index (χ4n) is 1.58. The fraction of sp³-hybridized carbons (Fsp3) is 0.750. The molecule has 0 rings (SSSR count). The topological polar surface area (TPSA) is 86.7 Å². The summed E-state index contributed by atoms with van der Waals surface area (Å²) in [5, 5.41) is 10.4. The summed E-state index contributed by atoms with van der Waals surface area (Å²) in [7, 11) is 0. The summed E-state index contributed by atoms with van der Waals surface area (Å²) in [4.78, 5) is 34.8. The van der Waals surface area contributed by atoms with E-state index in [2.05, 4.69) is 0 Å². The highest BCUT2D eigenvalue weighted by molar-refractivity contribution is 5.91. The van der Waals surface area contributed by atoms with Crippen molar-refractivity contribution in [3.05, 3.63) is 0 Å². The molecule has 2 N–H and O–H groups in total. The molecular formula is C12H19F3N2O4. The monoisotopic (exact) mass is 312 g/mol. The molecule has 0 saturated heterocycles. The number of aliphatic carboxylic acids is 1. The number of carbonyl (C=O) groups excluding carboxylic acids is 2. The molecule has 0 fully saturated rings. The van der Waals surface area contributed by atoms with Crippen molar-refractivity contribution in [1.82, 2.24) is 10.2 Å². The van der Waals surface area contributed by atoms with Crippen LogP contribution in [0.1, 0.15) is 27.7 Å². The van der Waals surface area contributed by atoms with Gasteiger partial charge in [0, 0.05) is 6.04 Å². The third-order valence-corrected chi connectivity index (χ3v) is 2.69. The van der Waals surface area contributed by atoms with E-state index < -0.39 is 48.5 Å². The highest BCUT2D eigenvalue weighted by Gasteiger charge is 2.42. The second-order valence-electron chi connectivity index (χ2n) is 5.15. The van der Waals surface area contributed by atoms with Crippen LogP contribution < -0.4 is 5.32 Å². The van der Waals surface area contributed by atoms with Gasteiger partial charge in [-0.15, -0.1) is 0 Å². The Balaban J connectivity index is 5.22. The first-order valence-electron chi connectivity index (χ1n) is 6.27. The van der Waals surface area contributed by atoms with Gasteiger partial charge in [-0.1, -0.05) is 13.8 Å². The first-order valence-corrected chi connectivity index (χ1v) is 6.27. The van der Waals surface area contributed by atoms with Gasteiger partial charge in [0.05, 0.1) is 0 Å². The van der Waals surface area contributed by atoms with Gasteiger partial charge in [0.1, 0.15) is 12.6 Å². The number of nitrogens with one attached hydrogen (secondary N) is 1. The smallest absolute Gasteiger partial charge is 0.471 e. The van der Waals surface area contributed by atoms with Crippen LogP contribution in [-0.2, 0) is 14.4 Å². The molecule has 0 heterocycles. The maximum atomic E-state index is 12.3. The molecule has 0 aromatic rings. The summed E-state index contributed by atoms with van der Waals surface area (Å²) in [6, 6.07) is -1.97. The maximum Gasteiger partial charge on any atom is 0.471 e. The van der Waals surface area contributed by atoms with Gasteiger partial charge in [-0.25, -0.2) is 0 Å². The lowest BCUT2D eigenvalue weighted by molar-refractivity contribution is -0.175. The molecule has 1 atom stereocenters. The lowest BCUT2D eigenvalue weighted by Crippen LogP contribution is -2.56. The number of carbonyl (C=O) groups is 3. The number of amides is 2. The van der Waals surface area contributed by atoms with Crippen molar-refractivity contribution in [2.24, 2.45) is 5.92 Å². The van der Waals surface area contributed by atoms with Gasteiger partial charge in [0.25, 0.3) is 0 Å². The largest absolute Gasteiger partial charge is 0.480 e. The van der Waals surface area contributed by atoms with Crippen LogP contribution in [0.25, 0.3) is 0 Å². The molecule has 2 amide bonds. The Bertz CT molecular complexity index is 408. The number of carboxylic acid groups (broad SMARTS) is 1. The number of rotatable bonds is 6. The van der Waals surface area contributed by atoms with Gasteiger partial charge >= 0.3 is 18.1 Å². The van der Waals surface area contributed by atoms with E-state index in [1.54, 1.807) is 5.32 Å². The molecule has 0 saturated carbocycles. The van der Waals surface area contributed by atoms with E-state index in [0.29, 0.717) is 0 Å². The Labute approximate surface area is 120 Å². The lowest BCUT2D eigenvalue weighted by Gasteiger charge is -2.31. The molecule has 0 aliphatic carbocycles. The summed E-state index contributed by atoms with van der Waals surface area (Å²) >= 11 is 0. The molecule has 0 aliphatic rings. The van der Waals surface area contributed by atoms with E-state index in [-0.39, 0.29) is 0 Å². The Hall–Kier alpha value is -1.80. The number of halogens is 3. The molecule has 0 aliphatic heterocycles. The van der Waals surface area contributed by atoms with Crippen molar-refractivity contribution >= 4 is 17.8 Å². The summed E-state index contributed by atoms with van der Waals surface area (Å²) in [5.41, 5.74) is 0. The van der Waals surface area contributed by atoms with Crippen LogP contribution in [0.5, 0.6) is 0 Å². The Morgan fingerprint density at radius 2 is 1.62 bits per heavy atom. The molecule has 0 unspecified atom stereocenters. The van der Waals surface area contributed by atoms with E-state index in [9.17, 15) is 27.6 Å². The highest BCUT2D eigenvalue weighted by atomic mass is 19.4. The number of hydrogen-bond acceptors (Lipinski definition) is 3. The molecule has 0 spiro atoms. The summed E-state index contributed by atoms with van der Waals surface area (Å²) < 4.78 is 36.8. The highest BCUT2D eigenvalue weighted by Crippen LogP contribution is 2.17. The van der Waals surface area contributed by atoms with Crippen LogP contribution in [-0.4, -0.2) is 52.6 Å². The third kappa shape index (κ3) is 6.01. The fourth-order valence-corrected chi connectivity index (χ4v) is 1.58.